The van der Waals surface area contributed by atoms with E-state index in [9.17, 15) is 14.7 Å². The summed E-state index contributed by atoms with van der Waals surface area (Å²) >= 11 is 0. The number of urea groups is 1. The molecule has 0 aromatic heterocycles. The number of carboxylic acid groups (broad SMARTS) is 1. The molecule has 0 bridgehead atoms. The maximum absolute atomic E-state index is 11.4. The van der Waals surface area contributed by atoms with Crippen LogP contribution in [0.1, 0.15) is 27.2 Å². The maximum Gasteiger partial charge on any atom is 0.328 e. The second-order valence-electron chi connectivity index (χ2n) is 4.78. The first-order valence-corrected chi connectivity index (χ1v) is 6.37. The summed E-state index contributed by atoms with van der Waals surface area (Å²) in [4.78, 5) is 22.1. The third-order valence-corrected chi connectivity index (χ3v) is 2.24. The molecule has 0 heterocycles. The lowest BCUT2D eigenvalue weighted by molar-refractivity contribution is -0.141. The van der Waals surface area contributed by atoms with Crippen LogP contribution in [0.4, 0.5) is 4.79 Å². The van der Waals surface area contributed by atoms with Crippen LogP contribution in [0.15, 0.2) is 0 Å². The van der Waals surface area contributed by atoms with Crippen molar-refractivity contribution in [1.29, 1.82) is 0 Å². The normalized spacial score (nSPS) is 13.9. The number of nitrogens with one attached hydrogen (secondary N) is 2. The van der Waals surface area contributed by atoms with Crippen molar-refractivity contribution in [2.24, 2.45) is 5.92 Å². The minimum atomic E-state index is -1.31. The van der Waals surface area contributed by atoms with Crippen molar-refractivity contribution in [2.45, 2.75) is 39.3 Å². The van der Waals surface area contributed by atoms with Gasteiger partial charge in [-0.3, -0.25) is 0 Å². The molecule has 7 heteroatoms. The van der Waals surface area contributed by atoms with Gasteiger partial charge in [-0.25, -0.2) is 9.59 Å². The molecule has 19 heavy (non-hydrogen) atoms. The van der Waals surface area contributed by atoms with E-state index in [1.165, 1.54) is 6.92 Å². The van der Waals surface area contributed by atoms with Crippen LogP contribution in [0.25, 0.3) is 0 Å². The zero-order chi connectivity index (χ0) is 14.8. The monoisotopic (exact) mass is 276 g/mol. The fourth-order valence-electron chi connectivity index (χ4n) is 1.28. The van der Waals surface area contributed by atoms with Crippen LogP contribution in [0.2, 0.25) is 0 Å². The van der Waals surface area contributed by atoms with Crippen molar-refractivity contribution in [3.63, 3.8) is 0 Å². The number of hydrogen-bond acceptors (Lipinski definition) is 4. The Kier molecular flexibility index (Phi) is 8.90. The third kappa shape index (κ3) is 9.26. The molecule has 0 spiro atoms. The predicted octanol–water partition coefficient (Wildman–Crippen LogP) is 0.182. The van der Waals surface area contributed by atoms with E-state index in [1.54, 1.807) is 0 Å². The van der Waals surface area contributed by atoms with Crippen LogP contribution in [0.3, 0.4) is 0 Å². The zero-order valence-electron chi connectivity index (χ0n) is 11.7. The molecule has 0 rings (SSSR count). The quantitative estimate of drug-likeness (QED) is 0.449. The molecule has 0 aromatic rings. The van der Waals surface area contributed by atoms with Crippen LogP contribution >= 0.6 is 0 Å². The molecule has 112 valence electrons. The molecule has 0 fully saturated rings. The largest absolute Gasteiger partial charge is 0.480 e. The summed E-state index contributed by atoms with van der Waals surface area (Å²) < 4.78 is 5.33. The van der Waals surface area contributed by atoms with E-state index >= 15 is 0 Å². The van der Waals surface area contributed by atoms with Gasteiger partial charge in [0.05, 0.1) is 6.10 Å². The topological polar surface area (TPSA) is 108 Å². The minimum Gasteiger partial charge on any atom is -0.480 e. The Morgan fingerprint density at radius 3 is 2.37 bits per heavy atom. The molecule has 0 saturated heterocycles. The summed E-state index contributed by atoms with van der Waals surface area (Å²) in [5.74, 6) is -0.802. The maximum atomic E-state index is 11.4. The van der Waals surface area contributed by atoms with E-state index in [2.05, 4.69) is 10.6 Å². The van der Waals surface area contributed by atoms with Gasteiger partial charge in [0.25, 0.3) is 0 Å². The van der Waals surface area contributed by atoms with E-state index in [4.69, 9.17) is 9.84 Å². The second kappa shape index (κ2) is 9.57. The summed E-state index contributed by atoms with van der Waals surface area (Å²) in [7, 11) is 0. The smallest absolute Gasteiger partial charge is 0.328 e. The van der Waals surface area contributed by atoms with Gasteiger partial charge >= 0.3 is 12.0 Å². The number of carbonyl (C=O) groups is 2. The number of carboxylic acids is 1. The van der Waals surface area contributed by atoms with Gasteiger partial charge in [0.1, 0.15) is 0 Å². The Bertz CT molecular complexity index is 281. The van der Waals surface area contributed by atoms with E-state index in [-0.39, 0.29) is 0 Å². The molecule has 2 atom stereocenters. The Balaban J connectivity index is 3.72. The number of rotatable bonds is 9. The summed E-state index contributed by atoms with van der Waals surface area (Å²) in [5, 5.41) is 22.6. The molecule has 4 N–H and O–H groups in total. The van der Waals surface area contributed by atoms with Gasteiger partial charge in [-0.15, -0.1) is 0 Å². The lowest BCUT2D eigenvalue weighted by Gasteiger charge is -2.17. The Labute approximate surface area is 113 Å². The Morgan fingerprint density at radius 2 is 1.89 bits per heavy atom. The van der Waals surface area contributed by atoms with Crippen molar-refractivity contribution < 1.29 is 24.5 Å². The van der Waals surface area contributed by atoms with Crippen LogP contribution in [-0.2, 0) is 9.53 Å². The van der Waals surface area contributed by atoms with Gasteiger partial charge in [-0.2, -0.15) is 0 Å². The number of ether oxygens (including phenoxy) is 1. The summed E-state index contributed by atoms with van der Waals surface area (Å²) in [6.45, 7) is 7.00. The molecule has 2 amide bonds. The highest BCUT2D eigenvalue weighted by atomic mass is 16.5. The van der Waals surface area contributed by atoms with Crippen molar-refractivity contribution in [3.05, 3.63) is 0 Å². The zero-order valence-corrected chi connectivity index (χ0v) is 11.7. The van der Waals surface area contributed by atoms with E-state index in [1.807, 2.05) is 13.8 Å². The van der Waals surface area contributed by atoms with Crippen LogP contribution < -0.4 is 10.6 Å². The molecule has 0 aliphatic heterocycles. The predicted molar refractivity (Wildman–Crippen MR) is 69.9 cm³/mol. The molecule has 2 unspecified atom stereocenters. The fraction of sp³-hybridized carbons (Fsp3) is 0.833. The first kappa shape index (κ1) is 17.7. The van der Waals surface area contributed by atoms with Crippen LogP contribution in [0.5, 0.6) is 0 Å². The fourth-order valence-corrected chi connectivity index (χ4v) is 1.28. The number of aliphatic carboxylic acids is 1. The number of carbonyl (C=O) groups excluding carboxylic acids is 1. The van der Waals surface area contributed by atoms with E-state index < -0.39 is 24.1 Å². The highest BCUT2D eigenvalue weighted by molar-refractivity contribution is 5.82. The lowest BCUT2D eigenvalue weighted by Crippen LogP contribution is -2.51. The number of aliphatic hydroxyl groups is 1. The van der Waals surface area contributed by atoms with Gasteiger partial charge in [-0.05, 0) is 19.3 Å². The van der Waals surface area contributed by atoms with Crippen molar-refractivity contribution in [3.8, 4) is 0 Å². The van der Waals surface area contributed by atoms with E-state index in [0.29, 0.717) is 32.1 Å². The van der Waals surface area contributed by atoms with Crippen LogP contribution in [0, 0.1) is 5.92 Å². The van der Waals surface area contributed by atoms with Crippen LogP contribution in [-0.4, -0.2) is 54.1 Å². The minimum absolute atomic E-state index is 0.385. The number of aliphatic hydroxyl groups excluding tert-OH is 1. The van der Waals surface area contributed by atoms with Gasteiger partial charge in [-0.1, -0.05) is 13.8 Å². The number of hydrogen-bond donors (Lipinski definition) is 4. The summed E-state index contributed by atoms with van der Waals surface area (Å²) in [6, 6.07) is -1.92. The molecule has 0 radical (unpaired) electrons. The summed E-state index contributed by atoms with van der Waals surface area (Å²) in [6.07, 6.45) is -0.510. The first-order chi connectivity index (χ1) is 8.84. The molecule has 0 saturated carbocycles. The van der Waals surface area contributed by atoms with Gasteiger partial charge in [0.2, 0.25) is 0 Å². The van der Waals surface area contributed by atoms with Gasteiger partial charge in [0, 0.05) is 19.8 Å². The SMILES string of the molecule is CC(C)COCCCNC(=O)NC(C(=O)O)C(C)O. The number of amides is 2. The standard InChI is InChI=1S/C12H24N2O5/c1-8(2)7-19-6-4-5-13-12(18)14-10(9(3)15)11(16)17/h8-10,15H,4-7H2,1-3H3,(H,16,17)(H2,13,14,18). The lowest BCUT2D eigenvalue weighted by atomic mass is 10.2. The van der Waals surface area contributed by atoms with Crippen molar-refractivity contribution in [2.75, 3.05) is 19.8 Å². The van der Waals surface area contributed by atoms with Crippen molar-refractivity contribution >= 4 is 12.0 Å². The highest BCUT2D eigenvalue weighted by Gasteiger charge is 2.24. The molecular weight excluding hydrogens is 252 g/mol. The molecule has 0 aliphatic rings. The van der Waals surface area contributed by atoms with E-state index in [0.717, 1.165) is 0 Å². The first-order valence-electron chi connectivity index (χ1n) is 6.37. The molecule has 7 nitrogen and oxygen atoms in total. The average molecular weight is 276 g/mol. The average Bonchev–Trinajstić information content (AvgIpc) is 2.29. The molecule has 0 aromatic carbocycles. The second-order valence-corrected chi connectivity index (χ2v) is 4.78. The van der Waals surface area contributed by atoms with Gasteiger partial charge < -0.3 is 25.6 Å². The van der Waals surface area contributed by atoms with Crippen molar-refractivity contribution in [1.82, 2.24) is 10.6 Å². The molecule has 0 aliphatic carbocycles. The highest BCUT2D eigenvalue weighted by Crippen LogP contribution is 1.94. The molecular formula is C12H24N2O5. The Morgan fingerprint density at radius 1 is 1.26 bits per heavy atom. The summed E-state index contributed by atoms with van der Waals surface area (Å²) in [5.41, 5.74) is 0. The van der Waals surface area contributed by atoms with Gasteiger partial charge in [0.15, 0.2) is 6.04 Å². The third-order valence-electron chi connectivity index (χ3n) is 2.24. The Hall–Kier alpha value is -1.34.